The van der Waals surface area contributed by atoms with Crippen molar-refractivity contribution in [1.82, 2.24) is 20.2 Å². The van der Waals surface area contributed by atoms with Gasteiger partial charge in [-0.3, -0.25) is 4.79 Å². The topological polar surface area (TPSA) is 81.9 Å². The summed E-state index contributed by atoms with van der Waals surface area (Å²) in [5, 5.41) is 13.8. The van der Waals surface area contributed by atoms with E-state index >= 15 is 0 Å². The van der Waals surface area contributed by atoms with Crippen LogP contribution in [0.1, 0.15) is 41.6 Å². The molecule has 0 unspecified atom stereocenters. The first kappa shape index (κ1) is 21.6. The molecule has 1 amide bonds. The summed E-state index contributed by atoms with van der Waals surface area (Å²) in [6.07, 6.45) is -4.54. The Bertz CT molecular complexity index is 1040. The van der Waals surface area contributed by atoms with Crippen molar-refractivity contribution in [1.29, 1.82) is 0 Å². The Balaban J connectivity index is 1.66. The van der Waals surface area contributed by atoms with Gasteiger partial charge in [0.25, 0.3) is 5.91 Å². The number of halogens is 4. The third-order valence-corrected chi connectivity index (χ3v) is 4.41. The second-order valence-corrected chi connectivity index (χ2v) is 7.00. The van der Waals surface area contributed by atoms with Gasteiger partial charge in [-0.2, -0.15) is 13.2 Å². The number of alkyl halides is 3. The minimum Gasteiger partial charge on any atom is -0.486 e. The fourth-order valence-corrected chi connectivity index (χ4v) is 2.72. The molecule has 1 aromatic heterocycles. The SMILES string of the molecule is CC(C)n1nnnc1COc1ccc(C(=O)Nc2cc(C(F)(F)F)ccc2Cl)cc1. The van der Waals surface area contributed by atoms with Gasteiger partial charge in [-0.25, -0.2) is 4.68 Å². The average Bonchev–Trinajstić information content (AvgIpc) is 3.16. The number of nitrogens with zero attached hydrogens (tertiary/aromatic N) is 4. The van der Waals surface area contributed by atoms with Crippen LogP contribution in [0.15, 0.2) is 42.5 Å². The quantitative estimate of drug-likeness (QED) is 0.599. The molecule has 1 heterocycles. The molecule has 0 bridgehead atoms. The largest absolute Gasteiger partial charge is 0.486 e. The van der Waals surface area contributed by atoms with Crippen LogP contribution >= 0.6 is 11.6 Å². The molecule has 0 saturated carbocycles. The molecule has 30 heavy (non-hydrogen) atoms. The number of anilines is 1. The number of benzene rings is 2. The fraction of sp³-hybridized carbons (Fsp3) is 0.263. The number of nitrogens with one attached hydrogen (secondary N) is 1. The van der Waals surface area contributed by atoms with Crippen molar-refractivity contribution >= 4 is 23.2 Å². The molecule has 1 N–H and O–H groups in total. The van der Waals surface area contributed by atoms with Gasteiger partial charge in [0, 0.05) is 5.56 Å². The Morgan fingerprint density at radius 3 is 2.53 bits per heavy atom. The molecule has 0 aliphatic rings. The highest BCUT2D eigenvalue weighted by atomic mass is 35.5. The lowest BCUT2D eigenvalue weighted by molar-refractivity contribution is -0.137. The summed E-state index contributed by atoms with van der Waals surface area (Å²) >= 11 is 5.91. The van der Waals surface area contributed by atoms with Crippen molar-refractivity contribution in [2.75, 3.05) is 5.32 Å². The minimum absolute atomic E-state index is 0.000762. The number of aromatic nitrogens is 4. The lowest BCUT2D eigenvalue weighted by Crippen LogP contribution is -2.14. The molecule has 3 rings (SSSR count). The Morgan fingerprint density at radius 1 is 1.20 bits per heavy atom. The highest BCUT2D eigenvalue weighted by Gasteiger charge is 2.31. The normalized spacial score (nSPS) is 11.6. The first-order valence-corrected chi connectivity index (χ1v) is 9.20. The van der Waals surface area contributed by atoms with Crippen molar-refractivity contribution in [3.63, 3.8) is 0 Å². The van der Waals surface area contributed by atoms with Gasteiger partial charge in [0.05, 0.1) is 22.3 Å². The Labute approximate surface area is 174 Å². The zero-order valence-electron chi connectivity index (χ0n) is 15.9. The summed E-state index contributed by atoms with van der Waals surface area (Å²) in [7, 11) is 0. The standard InChI is InChI=1S/C19H17ClF3N5O2/c1-11(2)28-17(25-26-27-28)10-30-14-6-3-12(4-7-14)18(29)24-16-9-13(19(21,22)23)5-8-15(16)20/h3-9,11H,10H2,1-2H3,(H,24,29). The van der Waals surface area contributed by atoms with Crippen molar-refractivity contribution in [2.45, 2.75) is 32.7 Å². The molecule has 0 fully saturated rings. The van der Waals surface area contributed by atoms with Crippen LogP contribution in [-0.4, -0.2) is 26.1 Å². The zero-order chi connectivity index (χ0) is 21.9. The van der Waals surface area contributed by atoms with Crippen molar-refractivity contribution < 1.29 is 22.7 Å². The summed E-state index contributed by atoms with van der Waals surface area (Å²) in [6, 6.07) is 8.89. The number of hydrogen-bond acceptors (Lipinski definition) is 5. The molecule has 0 aliphatic carbocycles. The molecule has 0 saturated heterocycles. The van der Waals surface area contributed by atoms with E-state index in [-0.39, 0.29) is 28.9 Å². The monoisotopic (exact) mass is 439 g/mol. The van der Waals surface area contributed by atoms with E-state index in [4.69, 9.17) is 16.3 Å². The van der Waals surface area contributed by atoms with Crippen LogP contribution in [0, 0.1) is 0 Å². The molecule has 0 atom stereocenters. The van der Waals surface area contributed by atoms with E-state index in [9.17, 15) is 18.0 Å². The van der Waals surface area contributed by atoms with E-state index in [1.54, 1.807) is 16.8 Å². The van der Waals surface area contributed by atoms with Gasteiger partial charge in [-0.1, -0.05) is 11.6 Å². The zero-order valence-corrected chi connectivity index (χ0v) is 16.7. The van der Waals surface area contributed by atoms with E-state index in [1.165, 1.54) is 12.1 Å². The van der Waals surface area contributed by atoms with Gasteiger partial charge >= 0.3 is 6.18 Å². The van der Waals surface area contributed by atoms with Gasteiger partial charge in [0.1, 0.15) is 12.4 Å². The summed E-state index contributed by atoms with van der Waals surface area (Å²) in [5.41, 5.74) is -0.810. The van der Waals surface area contributed by atoms with Crippen LogP contribution in [0.2, 0.25) is 5.02 Å². The van der Waals surface area contributed by atoms with Crippen molar-refractivity contribution in [3.05, 3.63) is 64.4 Å². The highest BCUT2D eigenvalue weighted by Crippen LogP contribution is 2.34. The van der Waals surface area contributed by atoms with Crippen LogP contribution in [0.3, 0.4) is 0 Å². The van der Waals surface area contributed by atoms with Gasteiger partial charge in [0.2, 0.25) is 0 Å². The molecular weight excluding hydrogens is 423 g/mol. The molecule has 0 aliphatic heterocycles. The first-order valence-electron chi connectivity index (χ1n) is 8.83. The lowest BCUT2D eigenvalue weighted by Gasteiger charge is -2.12. The van der Waals surface area contributed by atoms with Gasteiger partial charge in [-0.15, -0.1) is 5.10 Å². The molecule has 0 radical (unpaired) electrons. The maximum atomic E-state index is 12.9. The average molecular weight is 440 g/mol. The van der Waals surface area contributed by atoms with Crippen LogP contribution in [0.4, 0.5) is 18.9 Å². The summed E-state index contributed by atoms with van der Waals surface area (Å²) in [6.45, 7) is 4.00. The number of amides is 1. The predicted molar refractivity (Wildman–Crippen MR) is 103 cm³/mol. The summed E-state index contributed by atoms with van der Waals surface area (Å²) in [4.78, 5) is 12.4. The van der Waals surface area contributed by atoms with E-state index in [2.05, 4.69) is 20.8 Å². The predicted octanol–water partition coefficient (Wildman–Crippen LogP) is 4.76. The number of ether oxygens (including phenoxy) is 1. The molecule has 0 spiro atoms. The third kappa shape index (κ3) is 5.07. The maximum absolute atomic E-state index is 12.9. The van der Waals surface area contributed by atoms with Crippen molar-refractivity contribution in [3.8, 4) is 5.75 Å². The molecule has 2 aromatic carbocycles. The second-order valence-electron chi connectivity index (χ2n) is 6.59. The molecular formula is C19H17ClF3N5O2. The third-order valence-electron chi connectivity index (χ3n) is 4.08. The van der Waals surface area contributed by atoms with E-state index in [0.29, 0.717) is 11.6 Å². The molecule has 11 heteroatoms. The Hall–Kier alpha value is -3.14. The smallest absolute Gasteiger partial charge is 0.416 e. The summed E-state index contributed by atoms with van der Waals surface area (Å²) < 4.78 is 45.8. The van der Waals surface area contributed by atoms with Crippen molar-refractivity contribution in [2.24, 2.45) is 0 Å². The number of hydrogen-bond donors (Lipinski definition) is 1. The molecule has 158 valence electrons. The van der Waals surface area contributed by atoms with Gasteiger partial charge < -0.3 is 10.1 Å². The van der Waals surface area contributed by atoms with Crippen LogP contribution in [0.5, 0.6) is 5.75 Å². The summed E-state index contributed by atoms with van der Waals surface area (Å²) in [5.74, 6) is 0.416. The highest BCUT2D eigenvalue weighted by molar-refractivity contribution is 6.34. The number of carbonyl (C=O) groups excluding carboxylic acids is 1. The van der Waals surface area contributed by atoms with Gasteiger partial charge in [-0.05, 0) is 66.7 Å². The lowest BCUT2D eigenvalue weighted by atomic mass is 10.1. The fourth-order valence-electron chi connectivity index (χ4n) is 2.55. The molecule has 3 aromatic rings. The number of carbonyl (C=O) groups is 1. The first-order chi connectivity index (χ1) is 14.1. The van der Waals surface area contributed by atoms with E-state index in [0.717, 1.165) is 18.2 Å². The minimum atomic E-state index is -4.54. The Kier molecular flexibility index (Phi) is 6.25. The van der Waals surface area contributed by atoms with Crippen LogP contribution in [-0.2, 0) is 12.8 Å². The van der Waals surface area contributed by atoms with E-state index in [1.807, 2.05) is 13.8 Å². The van der Waals surface area contributed by atoms with Crippen LogP contribution < -0.4 is 10.1 Å². The maximum Gasteiger partial charge on any atom is 0.416 e. The van der Waals surface area contributed by atoms with Crippen LogP contribution in [0.25, 0.3) is 0 Å². The van der Waals surface area contributed by atoms with E-state index < -0.39 is 17.6 Å². The van der Waals surface area contributed by atoms with Gasteiger partial charge in [0.15, 0.2) is 5.82 Å². The Morgan fingerprint density at radius 2 is 1.90 bits per heavy atom. The molecule has 7 nitrogen and oxygen atoms in total. The second kappa shape index (κ2) is 8.70. The number of tetrazole rings is 1. The number of rotatable bonds is 6.